The van der Waals surface area contributed by atoms with Gasteiger partial charge in [0.05, 0.1) is 26.1 Å². The molecule has 0 aliphatic heterocycles. The smallest absolute Gasteiger partial charge is 0.239 e. The molecule has 0 spiro atoms. The monoisotopic (exact) mass is 418 g/mol. The van der Waals surface area contributed by atoms with Crippen LogP contribution in [0.1, 0.15) is 49.7 Å². The highest BCUT2D eigenvalue weighted by Gasteiger charge is 2.60. The van der Waals surface area contributed by atoms with E-state index in [4.69, 9.17) is 11.6 Å². The minimum atomic E-state index is -0.354. The van der Waals surface area contributed by atoms with Crippen molar-refractivity contribution in [1.82, 2.24) is 10.6 Å². The van der Waals surface area contributed by atoms with Crippen LogP contribution in [0.3, 0.4) is 0 Å². The molecule has 0 aromatic heterocycles. The highest BCUT2D eigenvalue weighted by molar-refractivity contribution is 6.24. The molecule has 4 fully saturated rings. The maximum atomic E-state index is 13.0. The lowest BCUT2D eigenvalue weighted by Gasteiger charge is -2.59. The number of hydrogen-bond donors (Lipinski definition) is 3. The van der Waals surface area contributed by atoms with Crippen molar-refractivity contribution in [2.75, 3.05) is 20.6 Å². The summed E-state index contributed by atoms with van der Waals surface area (Å²) in [6.07, 6.45) is 5.96. The number of carbonyl (C=O) groups excluding carboxylic acids is 2. The summed E-state index contributed by atoms with van der Waals surface area (Å²) < 4.78 is 0. The van der Waals surface area contributed by atoms with Gasteiger partial charge < -0.3 is 15.5 Å². The number of nitrogens with one attached hydrogen (secondary N) is 3. The zero-order valence-corrected chi connectivity index (χ0v) is 18.3. The summed E-state index contributed by atoms with van der Waals surface area (Å²) in [4.78, 5) is 26.6. The molecule has 29 heavy (non-hydrogen) atoms. The van der Waals surface area contributed by atoms with E-state index in [-0.39, 0.29) is 28.6 Å². The first kappa shape index (κ1) is 20.7. The zero-order chi connectivity index (χ0) is 20.6. The Bertz CT molecular complexity index is 780. The molecule has 0 saturated heterocycles. The molecule has 1 aromatic rings. The van der Waals surface area contributed by atoms with Crippen LogP contribution in [0.15, 0.2) is 24.3 Å². The van der Waals surface area contributed by atoms with Crippen LogP contribution in [0.4, 0.5) is 0 Å². The first-order valence-corrected chi connectivity index (χ1v) is 11.2. The van der Waals surface area contributed by atoms with Crippen LogP contribution in [0.25, 0.3) is 0 Å². The average Bonchev–Trinajstić information content (AvgIpc) is 2.63. The predicted octanol–water partition coefficient (Wildman–Crippen LogP) is 1.64. The minimum absolute atomic E-state index is 0.0309. The number of alkyl halides is 1. The molecule has 2 unspecified atom stereocenters. The third kappa shape index (κ3) is 4.46. The molecule has 158 valence electrons. The van der Waals surface area contributed by atoms with E-state index in [0.717, 1.165) is 44.2 Å². The Kier molecular flexibility index (Phi) is 5.64. The molecular formula is C23H33ClN3O2+. The number of benzene rings is 1. The Morgan fingerprint density at radius 1 is 1.07 bits per heavy atom. The summed E-state index contributed by atoms with van der Waals surface area (Å²) >= 11 is 6.83. The molecule has 1 aromatic carbocycles. The van der Waals surface area contributed by atoms with Gasteiger partial charge >= 0.3 is 0 Å². The summed E-state index contributed by atoms with van der Waals surface area (Å²) in [5, 5.41) is 5.89. The van der Waals surface area contributed by atoms with Crippen molar-refractivity contribution >= 4 is 23.4 Å². The maximum absolute atomic E-state index is 13.0. The van der Waals surface area contributed by atoms with Gasteiger partial charge in [0.25, 0.3) is 0 Å². The number of rotatable bonds is 7. The number of halogens is 1. The van der Waals surface area contributed by atoms with Crippen molar-refractivity contribution in [3.8, 4) is 0 Å². The Balaban J connectivity index is 1.30. The molecule has 4 saturated carbocycles. The summed E-state index contributed by atoms with van der Waals surface area (Å²) in [7, 11) is 4.22. The van der Waals surface area contributed by atoms with E-state index in [1.54, 1.807) is 0 Å². The minimum Gasteiger partial charge on any atom is -0.350 e. The first-order valence-electron chi connectivity index (χ1n) is 10.9. The van der Waals surface area contributed by atoms with Gasteiger partial charge in [0.2, 0.25) is 11.8 Å². The van der Waals surface area contributed by atoms with Crippen molar-refractivity contribution in [2.45, 2.75) is 56.5 Å². The topological polar surface area (TPSA) is 62.6 Å². The number of amides is 2. The highest BCUT2D eigenvalue weighted by atomic mass is 35.5. The van der Waals surface area contributed by atoms with Crippen LogP contribution < -0.4 is 15.5 Å². The fraction of sp³-hybridized carbons (Fsp3) is 0.652. The van der Waals surface area contributed by atoms with Gasteiger partial charge in [-0.25, -0.2) is 0 Å². The summed E-state index contributed by atoms with van der Waals surface area (Å²) in [5.41, 5.74) is 2.00. The van der Waals surface area contributed by atoms with Crippen molar-refractivity contribution in [2.24, 2.45) is 17.3 Å². The second-order valence-corrected chi connectivity index (χ2v) is 10.8. The molecule has 0 radical (unpaired) electrons. The maximum Gasteiger partial charge on any atom is 0.239 e. The Morgan fingerprint density at radius 3 is 2.34 bits per heavy atom. The first-order chi connectivity index (χ1) is 13.8. The van der Waals surface area contributed by atoms with Crippen molar-refractivity contribution in [3.63, 3.8) is 0 Å². The fourth-order valence-electron chi connectivity index (χ4n) is 6.30. The summed E-state index contributed by atoms with van der Waals surface area (Å²) in [6, 6.07) is 8.17. The lowest BCUT2D eigenvalue weighted by Crippen LogP contribution is -3.04. The van der Waals surface area contributed by atoms with Crippen LogP contribution >= 0.6 is 11.6 Å². The van der Waals surface area contributed by atoms with Gasteiger partial charge in [0.15, 0.2) is 0 Å². The molecule has 2 amide bonds. The third-order valence-electron chi connectivity index (χ3n) is 7.02. The quantitative estimate of drug-likeness (QED) is 0.589. The molecule has 4 atom stereocenters. The second kappa shape index (κ2) is 7.92. The molecular weight excluding hydrogens is 386 g/mol. The van der Waals surface area contributed by atoms with Crippen LogP contribution in [0, 0.1) is 17.3 Å². The average molecular weight is 419 g/mol. The normalized spacial score (nSPS) is 32.4. The Hall–Kier alpha value is -1.59. The molecule has 4 bridgehead atoms. The molecule has 4 aliphatic rings. The van der Waals surface area contributed by atoms with E-state index in [1.165, 1.54) is 16.9 Å². The van der Waals surface area contributed by atoms with Gasteiger partial charge in [0.1, 0.15) is 6.54 Å². The number of quaternary nitrogens is 1. The van der Waals surface area contributed by atoms with E-state index >= 15 is 0 Å². The standard InChI is InChI=1S/C23H32ClN3O2/c1-27(2)14-19-6-4-3-5-18(19)12-25-20(28)13-26-21(29)22-8-16-7-17(9-22)11-23(24,10-16)15-22/h3-6,16-17H,7-15H2,1-2H3,(H,25,28)(H,26,29)/p+1/t16-,17+,22?,23?. The van der Waals surface area contributed by atoms with Gasteiger partial charge in [-0.1, -0.05) is 24.3 Å². The van der Waals surface area contributed by atoms with Crippen molar-refractivity contribution < 1.29 is 14.5 Å². The van der Waals surface area contributed by atoms with E-state index in [2.05, 4.69) is 30.8 Å². The van der Waals surface area contributed by atoms with Gasteiger partial charge in [-0.05, 0) is 55.9 Å². The van der Waals surface area contributed by atoms with Crippen molar-refractivity contribution in [3.05, 3.63) is 35.4 Å². The molecule has 5 rings (SSSR count). The molecule has 0 heterocycles. The Labute approximate surface area is 178 Å². The molecule has 6 heteroatoms. The van der Waals surface area contributed by atoms with Crippen LogP contribution in [-0.2, 0) is 22.7 Å². The van der Waals surface area contributed by atoms with E-state index in [9.17, 15) is 9.59 Å². The Morgan fingerprint density at radius 2 is 1.72 bits per heavy atom. The fourth-order valence-corrected chi connectivity index (χ4v) is 7.00. The van der Waals surface area contributed by atoms with Crippen LogP contribution in [-0.4, -0.2) is 37.3 Å². The van der Waals surface area contributed by atoms with E-state index in [0.29, 0.717) is 18.4 Å². The second-order valence-electron chi connectivity index (χ2n) is 10.0. The third-order valence-corrected chi connectivity index (χ3v) is 7.46. The highest BCUT2D eigenvalue weighted by Crippen LogP contribution is 2.63. The lowest BCUT2D eigenvalue weighted by atomic mass is 9.49. The number of carbonyl (C=O) groups is 2. The summed E-state index contributed by atoms with van der Waals surface area (Å²) in [5.74, 6) is 1.03. The summed E-state index contributed by atoms with van der Waals surface area (Å²) in [6.45, 7) is 1.43. The van der Waals surface area contributed by atoms with Gasteiger partial charge in [-0.15, -0.1) is 11.6 Å². The van der Waals surface area contributed by atoms with Gasteiger partial charge in [0, 0.05) is 17.0 Å². The van der Waals surface area contributed by atoms with Crippen molar-refractivity contribution in [1.29, 1.82) is 0 Å². The zero-order valence-electron chi connectivity index (χ0n) is 17.5. The largest absolute Gasteiger partial charge is 0.350 e. The number of hydrogen-bond acceptors (Lipinski definition) is 2. The van der Waals surface area contributed by atoms with Gasteiger partial charge in [-0.2, -0.15) is 0 Å². The van der Waals surface area contributed by atoms with Crippen LogP contribution in [0.2, 0.25) is 0 Å². The van der Waals surface area contributed by atoms with Crippen LogP contribution in [0.5, 0.6) is 0 Å². The predicted molar refractivity (Wildman–Crippen MR) is 114 cm³/mol. The SMILES string of the molecule is C[NH+](C)Cc1ccccc1CNC(=O)CNC(=O)C12C[C@@H]3C[C@@H](CC(Cl)(C3)C1)C2. The lowest BCUT2D eigenvalue weighted by molar-refractivity contribution is -0.872. The van der Waals surface area contributed by atoms with E-state index < -0.39 is 0 Å². The van der Waals surface area contributed by atoms with Gasteiger partial charge in [-0.3, -0.25) is 9.59 Å². The molecule has 3 N–H and O–H groups in total. The van der Waals surface area contributed by atoms with E-state index in [1.807, 2.05) is 18.2 Å². The molecule has 4 aliphatic carbocycles. The molecule has 5 nitrogen and oxygen atoms in total.